The zero-order chi connectivity index (χ0) is 15.0. The molecule has 1 aliphatic rings. The summed E-state index contributed by atoms with van der Waals surface area (Å²) >= 11 is 5.05. The molecule has 2 nitrogen and oxygen atoms in total. The van der Waals surface area contributed by atoms with Gasteiger partial charge in [-0.2, -0.15) is 0 Å². The maximum atomic E-state index is 13.7. The van der Waals surface area contributed by atoms with E-state index in [1.165, 1.54) is 6.07 Å². The van der Waals surface area contributed by atoms with Crippen LogP contribution < -0.4 is 0 Å². The maximum Gasteiger partial charge on any atom is 0.226 e. The standard InChI is InChI=1S/C16H15BrFNOS/c1-19(9-10-6-7-15(17)21-10)16(20)13-8-12(13)11-4-2-3-5-14(11)18/h2-7,12-13H,8-9H2,1H3. The van der Waals surface area contributed by atoms with Crippen molar-refractivity contribution in [3.05, 3.63) is 56.4 Å². The van der Waals surface area contributed by atoms with Gasteiger partial charge in [0.25, 0.3) is 0 Å². The van der Waals surface area contributed by atoms with Crippen LogP contribution in [-0.2, 0) is 11.3 Å². The first-order valence-corrected chi connectivity index (χ1v) is 8.41. The minimum Gasteiger partial charge on any atom is -0.340 e. The van der Waals surface area contributed by atoms with Crippen LogP contribution in [0.4, 0.5) is 4.39 Å². The molecule has 2 aromatic rings. The van der Waals surface area contributed by atoms with Crippen molar-refractivity contribution in [2.75, 3.05) is 7.05 Å². The summed E-state index contributed by atoms with van der Waals surface area (Å²) in [4.78, 5) is 15.3. The molecule has 21 heavy (non-hydrogen) atoms. The Labute approximate surface area is 135 Å². The molecule has 1 aliphatic carbocycles. The molecule has 1 saturated carbocycles. The number of carbonyl (C=O) groups is 1. The second-order valence-corrected chi connectivity index (χ2v) is 7.92. The van der Waals surface area contributed by atoms with Crippen LogP contribution in [0.3, 0.4) is 0 Å². The lowest BCUT2D eigenvalue weighted by atomic mass is 10.1. The van der Waals surface area contributed by atoms with Crippen molar-refractivity contribution >= 4 is 33.2 Å². The minimum absolute atomic E-state index is 0.0382. The van der Waals surface area contributed by atoms with Gasteiger partial charge in [-0.25, -0.2) is 4.39 Å². The average molecular weight is 368 g/mol. The predicted octanol–water partition coefficient (Wildman–Crippen LogP) is 4.41. The molecule has 0 saturated heterocycles. The Hall–Kier alpha value is -1.20. The van der Waals surface area contributed by atoms with Crippen LogP contribution in [0.1, 0.15) is 22.8 Å². The van der Waals surface area contributed by atoms with Crippen molar-refractivity contribution in [3.63, 3.8) is 0 Å². The monoisotopic (exact) mass is 367 g/mol. The number of halogens is 2. The van der Waals surface area contributed by atoms with E-state index >= 15 is 0 Å². The van der Waals surface area contributed by atoms with Gasteiger partial charge in [-0.15, -0.1) is 11.3 Å². The van der Waals surface area contributed by atoms with Gasteiger partial charge >= 0.3 is 0 Å². The molecule has 1 aromatic carbocycles. The number of hydrogen-bond acceptors (Lipinski definition) is 2. The third kappa shape index (κ3) is 3.19. The molecule has 1 heterocycles. The number of amides is 1. The van der Waals surface area contributed by atoms with E-state index in [2.05, 4.69) is 15.9 Å². The average Bonchev–Trinajstić information content (AvgIpc) is 3.15. The van der Waals surface area contributed by atoms with E-state index in [4.69, 9.17) is 0 Å². The first-order chi connectivity index (χ1) is 10.1. The third-order valence-corrected chi connectivity index (χ3v) is 5.42. The molecule has 0 spiro atoms. The molecule has 5 heteroatoms. The Kier molecular flexibility index (Phi) is 4.13. The lowest BCUT2D eigenvalue weighted by Crippen LogP contribution is -2.27. The van der Waals surface area contributed by atoms with E-state index in [9.17, 15) is 9.18 Å². The number of hydrogen-bond donors (Lipinski definition) is 0. The van der Waals surface area contributed by atoms with Gasteiger partial charge in [0.05, 0.1) is 10.3 Å². The Morgan fingerprint density at radius 2 is 2.14 bits per heavy atom. The molecule has 3 rings (SSSR count). The Bertz CT molecular complexity index is 672. The van der Waals surface area contributed by atoms with Gasteiger partial charge in [0.15, 0.2) is 0 Å². The summed E-state index contributed by atoms with van der Waals surface area (Å²) in [7, 11) is 1.81. The quantitative estimate of drug-likeness (QED) is 0.783. The second kappa shape index (κ2) is 5.89. The molecule has 0 radical (unpaired) electrons. The Balaban J connectivity index is 1.63. The fourth-order valence-electron chi connectivity index (χ4n) is 2.62. The smallest absolute Gasteiger partial charge is 0.226 e. The summed E-state index contributed by atoms with van der Waals surface area (Å²) in [6, 6.07) is 10.7. The number of thiophene rings is 1. The molecule has 0 aliphatic heterocycles. The van der Waals surface area contributed by atoms with Gasteiger partial charge in [0, 0.05) is 17.8 Å². The van der Waals surface area contributed by atoms with Crippen LogP contribution in [0.2, 0.25) is 0 Å². The van der Waals surface area contributed by atoms with E-state index < -0.39 is 0 Å². The highest BCUT2D eigenvalue weighted by atomic mass is 79.9. The van der Waals surface area contributed by atoms with Crippen LogP contribution in [0.5, 0.6) is 0 Å². The summed E-state index contributed by atoms with van der Waals surface area (Å²) in [5, 5.41) is 0. The van der Waals surface area contributed by atoms with E-state index in [1.807, 2.05) is 25.2 Å². The molecule has 2 unspecified atom stereocenters. The number of benzene rings is 1. The number of nitrogens with zero attached hydrogens (tertiary/aromatic N) is 1. The van der Waals surface area contributed by atoms with Crippen molar-refractivity contribution in [1.82, 2.24) is 4.90 Å². The van der Waals surface area contributed by atoms with Gasteiger partial charge in [-0.3, -0.25) is 4.79 Å². The fourth-order valence-corrected chi connectivity index (χ4v) is 4.16. The molecule has 1 amide bonds. The van der Waals surface area contributed by atoms with Crippen molar-refractivity contribution < 1.29 is 9.18 Å². The van der Waals surface area contributed by atoms with Crippen LogP contribution >= 0.6 is 27.3 Å². The molecule has 1 fully saturated rings. The molecule has 2 atom stereocenters. The summed E-state index contributed by atoms with van der Waals surface area (Å²) in [5.41, 5.74) is 0.670. The van der Waals surface area contributed by atoms with Gasteiger partial charge in [-0.05, 0) is 52.0 Å². The zero-order valence-electron chi connectivity index (χ0n) is 11.6. The predicted molar refractivity (Wildman–Crippen MR) is 85.7 cm³/mol. The molecule has 110 valence electrons. The molecule has 1 aromatic heterocycles. The van der Waals surface area contributed by atoms with Crippen molar-refractivity contribution in [2.24, 2.45) is 5.92 Å². The largest absolute Gasteiger partial charge is 0.340 e. The Morgan fingerprint density at radius 1 is 1.38 bits per heavy atom. The molecular formula is C16H15BrFNOS. The van der Waals surface area contributed by atoms with Crippen molar-refractivity contribution in [1.29, 1.82) is 0 Å². The summed E-state index contributed by atoms with van der Waals surface area (Å²) in [6.07, 6.45) is 0.748. The van der Waals surface area contributed by atoms with Crippen molar-refractivity contribution in [3.8, 4) is 0 Å². The fraction of sp³-hybridized carbons (Fsp3) is 0.312. The summed E-state index contributed by atoms with van der Waals surface area (Å²) < 4.78 is 14.8. The molecular weight excluding hydrogens is 353 g/mol. The highest BCUT2D eigenvalue weighted by molar-refractivity contribution is 9.11. The van der Waals surface area contributed by atoms with E-state index in [1.54, 1.807) is 28.4 Å². The zero-order valence-corrected chi connectivity index (χ0v) is 14.0. The van der Waals surface area contributed by atoms with E-state index in [0.717, 1.165) is 15.1 Å². The first kappa shape index (κ1) is 14.7. The molecule has 0 bridgehead atoms. The van der Waals surface area contributed by atoms with Crippen LogP contribution in [0, 0.1) is 11.7 Å². The third-order valence-electron chi connectivity index (χ3n) is 3.81. The van der Waals surface area contributed by atoms with Gasteiger partial charge in [0.2, 0.25) is 5.91 Å². The van der Waals surface area contributed by atoms with Crippen LogP contribution in [-0.4, -0.2) is 17.9 Å². The molecule has 0 N–H and O–H groups in total. The van der Waals surface area contributed by atoms with Crippen LogP contribution in [0.25, 0.3) is 0 Å². The van der Waals surface area contributed by atoms with Gasteiger partial charge in [0.1, 0.15) is 5.82 Å². The first-order valence-electron chi connectivity index (χ1n) is 6.80. The lowest BCUT2D eigenvalue weighted by Gasteiger charge is -2.16. The highest BCUT2D eigenvalue weighted by Crippen LogP contribution is 2.49. The number of carbonyl (C=O) groups excluding carboxylic acids is 1. The van der Waals surface area contributed by atoms with E-state index in [0.29, 0.717) is 12.1 Å². The second-order valence-electron chi connectivity index (χ2n) is 5.37. The minimum atomic E-state index is -0.206. The van der Waals surface area contributed by atoms with Gasteiger partial charge < -0.3 is 4.90 Å². The maximum absolute atomic E-state index is 13.7. The van der Waals surface area contributed by atoms with Crippen LogP contribution in [0.15, 0.2) is 40.2 Å². The lowest BCUT2D eigenvalue weighted by molar-refractivity contribution is -0.131. The summed E-state index contributed by atoms with van der Waals surface area (Å²) in [5.74, 6) is -0.137. The normalized spacial score (nSPS) is 20.3. The van der Waals surface area contributed by atoms with Gasteiger partial charge in [-0.1, -0.05) is 18.2 Å². The topological polar surface area (TPSA) is 20.3 Å². The SMILES string of the molecule is CN(Cc1ccc(Br)s1)C(=O)C1CC1c1ccccc1F. The summed E-state index contributed by atoms with van der Waals surface area (Å²) in [6.45, 7) is 0.607. The highest BCUT2D eigenvalue weighted by Gasteiger charge is 2.46. The Morgan fingerprint density at radius 3 is 2.81 bits per heavy atom. The number of rotatable bonds is 4. The van der Waals surface area contributed by atoms with E-state index in [-0.39, 0.29) is 23.6 Å². The van der Waals surface area contributed by atoms with Crippen molar-refractivity contribution in [2.45, 2.75) is 18.9 Å².